The highest BCUT2D eigenvalue weighted by Crippen LogP contribution is 2.21. The van der Waals surface area contributed by atoms with Gasteiger partial charge in [0, 0.05) is 27.0 Å². The number of ether oxygens (including phenoxy) is 1. The van der Waals surface area contributed by atoms with Gasteiger partial charge in [0.25, 0.3) is 5.91 Å². The third-order valence-corrected chi connectivity index (χ3v) is 5.92. The van der Waals surface area contributed by atoms with Crippen molar-refractivity contribution in [3.63, 3.8) is 0 Å². The van der Waals surface area contributed by atoms with Crippen molar-refractivity contribution in [1.82, 2.24) is 9.88 Å². The Balaban J connectivity index is 1.68. The predicted molar refractivity (Wildman–Crippen MR) is 119 cm³/mol. The zero-order valence-electron chi connectivity index (χ0n) is 16.3. The Bertz CT molecular complexity index is 959. The quantitative estimate of drug-likeness (QED) is 0.396. The van der Waals surface area contributed by atoms with Crippen LogP contribution in [-0.4, -0.2) is 21.8 Å². The minimum absolute atomic E-state index is 0.0271. The molecule has 1 amide bonds. The minimum Gasteiger partial charge on any atom is -0.486 e. The molecule has 1 aromatic heterocycles. The van der Waals surface area contributed by atoms with E-state index in [-0.39, 0.29) is 11.9 Å². The van der Waals surface area contributed by atoms with E-state index in [0.29, 0.717) is 34.5 Å². The molecule has 0 aliphatic carbocycles. The number of amides is 1. The van der Waals surface area contributed by atoms with E-state index in [0.717, 1.165) is 17.1 Å². The summed E-state index contributed by atoms with van der Waals surface area (Å²) in [7, 11) is 0. The van der Waals surface area contributed by atoms with Crippen LogP contribution in [0.5, 0.6) is 5.75 Å². The Kier molecular flexibility index (Phi) is 7.53. The van der Waals surface area contributed by atoms with Gasteiger partial charge >= 0.3 is 0 Å². The highest BCUT2D eigenvalue weighted by Gasteiger charge is 2.22. The molecule has 7 heteroatoms. The highest BCUT2D eigenvalue weighted by atomic mass is 35.5. The zero-order chi connectivity index (χ0) is 20.8. The minimum atomic E-state index is -0.0271. The molecule has 1 atom stereocenters. The summed E-state index contributed by atoms with van der Waals surface area (Å²) in [4.78, 5) is 19.5. The standard InChI is InChI=1S/C22H22Cl2N2O2S/c1-3-15(2)26(22(27)16-7-9-17(23)10-8-16)12-19-14-29-21(25-19)13-28-20-6-4-5-18(24)11-20/h4-11,14-15H,3,12-13H2,1-2H3/t15-/m1/s1. The van der Waals surface area contributed by atoms with Crippen LogP contribution in [-0.2, 0) is 13.2 Å². The van der Waals surface area contributed by atoms with Crippen LogP contribution in [0.2, 0.25) is 10.0 Å². The summed E-state index contributed by atoms with van der Waals surface area (Å²) in [6.45, 7) is 4.92. The Morgan fingerprint density at radius 3 is 2.62 bits per heavy atom. The molecule has 0 aliphatic rings. The number of carbonyl (C=O) groups excluding carboxylic acids is 1. The smallest absolute Gasteiger partial charge is 0.254 e. The van der Waals surface area contributed by atoms with E-state index < -0.39 is 0 Å². The van der Waals surface area contributed by atoms with Crippen molar-refractivity contribution >= 4 is 40.4 Å². The van der Waals surface area contributed by atoms with E-state index in [1.54, 1.807) is 36.4 Å². The molecular weight excluding hydrogens is 427 g/mol. The lowest BCUT2D eigenvalue weighted by atomic mass is 10.1. The van der Waals surface area contributed by atoms with E-state index in [1.807, 2.05) is 29.3 Å². The number of nitrogens with zero attached hydrogens (tertiary/aromatic N) is 2. The molecule has 3 rings (SSSR count). The molecule has 1 heterocycles. The summed E-state index contributed by atoms with van der Waals surface area (Å²) in [6, 6.07) is 14.3. The maximum absolute atomic E-state index is 13.0. The molecular formula is C22H22Cl2N2O2S. The molecule has 152 valence electrons. The van der Waals surface area contributed by atoms with Crippen LogP contribution in [0.4, 0.5) is 0 Å². The lowest BCUT2D eigenvalue weighted by Crippen LogP contribution is -2.37. The average Bonchev–Trinajstić information content (AvgIpc) is 3.17. The van der Waals surface area contributed by atoms with Gasteiger partial charge in [0.05, 0.1) is 12.2 Å². The number of aromatic nitrogens is 1. The predicted octanol–water partition coefficient (Wildman–Crippen LogP) is 6.47. The van der Waals surface area contributed by atoms with Crippen LogP contribution in [0.25, 0.3) is 0 Å². The van der Waals surface area contributed by atoms with E-state index in [9.17, 15) is 4.79 Å². The van der Waals surface area contributed by atoms with Crippen molar-refractivity contribution in [2.45, 2.75) is 39.5 Å². The fourth-order valence-electron chi connectivity index (χ4n) is 2.77. The van der Waals surface area contributed by atoms with E-state index in [1.165, 1.54) is 11.3 Å². The van der Waals surface area contributed by atoms with Gasteiger partial charge in [-0.3, -0.25) is 4.79 Å². The van der Waals surface area contributed by atoms with Crippen LogP contribution in [0.1, 0.15) is 41.3 Å². The molecule has 0 unspecified atom stereocenters. The molecule has 0 aliphatic heterocycles. The summed E-state index contributed by atoms with van der Waals surface area (Å²) >= 11 is 13.4. The second-order valence-corrected chi connectivity index (χ2v) is 8.49. The Morgan fingerprint density at radius 2 is 1.93 bits per heavy atom. The average molecular weight is 449 g/mol. The first-order valence-corrected chi connectivity index (χ1v) is 11.0. The molecule has 29 heavy (non-hydrogen) atoms. The summed E-state index contributed by atoms with van der Waals surface area (Å²) < 4.78 is 5.76. The van der Waals surface area contributed by atoms with Gasteiger partial charge in [0.2, 0.25) is 0 Å². The van der Waals surface area contributed by atoms with Gasteiger partial charge in [-0.1, -0.05) is 36.2 Å². The third kappa shape index (κ3) is 5.95. The Labute approximate surface area is 185 Å². The normalized spacial score (nSPS) is 11.9. The second-order valence-electron chi connectivity index (χ2n) is 6.68. The molecule has 0 bridgehead atoms. The molecule has 0 radical (unpaired) electrons. The van der Waals surface area contributed by atoms with Crippen molar-refractivity contribution in [3.8, 4) is 5.75 Å². The van der Waals surface area contributed by atoms with Gasteiger partial charge in [0.15, 0.2) is 0 Å². The SMILES string of the molecule is CC[C@@H](C)N(Cc1csc(COc2cccc(Cl)c2)n1)C(=O)c1ccc(Cl)cc1. The van der Waals surface area contributed by atoms with Crippen molar-refractivity contribution in [2.75, 3.05) is 0 Å². The Morgan fingerprint density at radius 1 is 1.17 bits per heavy atom. The third-order valence-electron chi connectivity index (χ3n) is 4.56. The Hall–Kier alpha value is -2.08. The molecule has 0 saturated carbocycles. The van der Waals surface area contributed by atoms with Crippen LogP contribution in [0.3, 0.4) is 0 Å². The monoisotopic (exact) mass is 448 g/mol. The number of benzene rings is 2. The van der Waals surface area contributed by atoms with Gasteiger partial charge in [0.1, 0.15) is 17.4 Å². The van der Waals surface area contributed by atoms with Crippen LogP contribution in [0, 0.1) is 0 Å². The highest BCUT2D eigenvalue weighted by molar-refractivity contribution is 7.09. The molecule has 0 fully saturated rings. The first kappa shape index (κ1) is 21.6. The van der Waals surface area contributed by atoms with Crippen molar-refractivity contribution in [2.24, 2.45) is 0 Å². The van der Waals surface area contributed by atoms with Crippen molar-refractivity contribution < 1.29 is 9.53 Å². The fourth-order valence-corrected chi connectivity index (χ4v) is 3.77. The van der Waals surface area contributed by atoms with Crippen molar-refractivity contribution in [1.29, 1.82) is 0 Å². The fraction of sp³-hybridized carbons (Fsp3) is 0.273. The number of halogens is 2. The first-order valence-electron chi connectivity index (χ1n) is 9.34. The van der Waals surface area contributed by atoms with Crippen LogP contribution >= 0.6 is 34.5 Å². The van der Waals surface area contributed by atoms with Gasteiger partial charge < -0.3 is 9.64 Å². The van der Waals surface area contributed by atoms with Gasteiger partial charge in [-0.2, -0.15) is 0 Å². The summed E-state index contributed by atoms with van der Waals surface area (Å²) in [5.41, 5.74) is 1.47. The lowest BCUT2D eigenvalue weighted by molar-refractivity contribution is 0.0669. The first-order chi connectivity index (χ1) is 14.0. The van der Waals surface area contributed by atoms with Gasteiger partial charge in [-0.15, -0.1) is 11.3 Å². The van der Waals surface area contributed by atoms with E-state index in [2.05, 4.69) is 11.9 Å². The zero-order valence-corrected chi connectivity index (χ0v) is 18.6. The number of rotatable bonds is 8. The van der Waals surface area contributed by atoms with Crippen molar-refractivity contribution in [3.05, 3.63) is 80.2 Å². The second kappa shape index (κ2) is 10.1. The molecule has 0 saturated heterocycles. The molecule has 0 spiro atoms. The van der Waals surface area contributed by atoms with Gasteiger partial charge in [-0.25, -0.2) is 4.98 Å². The number of hydrogen-bond acceptors (Lipinski definition) is 4. The maximum Gasteiger partial charge on any atom is 0.254 e. The van der Waals surface area contributed by atoms with Gasteiger partial charge in [-0.05, 0) is 55.8 Å². The number of hydrogen-bond donors (Lipinski definition) is 0. The summed E-state index contributed by atoms with van der Waals surface area (Å²) in [5.74, 6) is 0.675. The lowest BCUT2D eigenvalue weighted by Gasteiger charge is -2.28. The van der Waals surface area contributed by atoms with E-state index in [4.69, 9.17) is 27.9 Å². The van der Waals surface area contributed by atoms with E-state index >= 15 is 0 Å². The topological polar surface area (TPSA) is 42.4 Å². The number of thiazole rings is 1. The molecule has 3 aromatic rings. The molecule has 4 nitrogen and oxygen atoms in total. The van der Waals surface area contributed by atoms with Crippen LogP contribution < -0.4 is 4.74 Å². The van der Waals surface area contributed by atoms with Crippen LogP contribution in [0.15, 0.2) is 53.9 Å². The maximum atomic E-state index is 13.0. The molecule has 2 aromatic carbocycles. The molecule has 0 N–H and O–H groups in total. The largest absolute Gasteiger partial charge is 0.486 e. The summed E-state index contributed by atoms with van der Waals surface area (Å²) in [5, 5.41) is 4.07. The summed E-state index contributed by atoms with van der Waals surface area (Å²) in [6.07, 6.45) is 0.855. The number of carbonyl (C=O) groups is 1.